The average Bonchev–Trinajstić information content (AvgIpc) is 3.83. The smallest absolute Gasteiger partial charge is 0.162 e. The molecule has 0 saturated heterocycles. The Hall–Kier alpha value is -7.30. The number of hydrogen-bond acceptors (Lipinski definition) is 3. The predicted octanol–water partition coefficient (Wildman–Crippen LogP) is 13.3. The van der Waals surface area contributed by atoms with Crippen LogP contribution in [0.3, 0.4) is 0 Å². The summed E-state index contributed by atoms with van der Waals surface area (Å²) in [6, 6.07) is 62.4. The van der Waals surface area contributed by atoms with E-state index in [0.29, 0.717) is 11.7 Å². The van der Waals surface area contributed by atoms with Crippen molar-refractivity contribution in [2.24, 2.45) is 0 Å². The van der Waals surface area contributed by atoms with Crippen molar-refractivity contribution in [3.63, 3.8) is 0 Å². The first-order valence-corrected chi connectivity index (χ1v) is 19.3. The minimum atomic E-state index is 0.308. The molecule has 3 aromatic heterocycles. The maximum atomic E-state index is 6.70. The number of aromatic nitrogens is 3. The fraction of sp³-hybridized carbons (Fsp3) is 0.0385. The van der Waals surface area contributed by atoms with Crippen LogP contribution in [0.5, 0.6) is 0 Å². The maximum Gasteiger partial charge on any atom is 0.162 e. The molecule has 2 aliphatic carbocycles. The van der Waals surface area contributed by atoms with Gasteiger partial charge in [-0.2, -0.15) is 0 Å². The summed E-state index contributed by atoms with van der Waals surface area (Å²) in [7, 11) is 0. The predicted molar refractivity (Wildman–Crippen MR) is 228 cm³/mol. The Morgan fingerprint density at radius 2 is 1.18 bits per heavy atom. The van der Waals surface area contributed by atoms with Crippen LogP contribution in [0.15, 0.2) is 186 Å². The molecule has 3 heterocycles. The summed E-state index contributed by atoms with van der Waals surface area (Å²) in [6.07, 6.45) is 3.33. The van der Waals surface area contributed by atoms with Crippen LogP contribution in [0.4, 0.5) is 0 Å². The van der Waals surface area contributed by atoms with Gasteiger partial charge in [0.1, 0.15) is 17.2 Å². The van der Waals surface area contributed by atoms with Crippen LogP contribution in [-0.4, -0.2) is 14.5 Å². The lowest BCUT2D eigenvalue weighted by atomic mass is 9.73. The number of para-hydroxylation sites is 2. The largest absolute Gasteiger partial charge is 0.456 e. The average molecular weight is 716 g/mol. The molecule has 1 atom stereocenters. The van der Waals surface area contributed by atoms with Gasteiger partial charge in [0.15, 0.2) is 5.82 Å². The molecule has 0 saturated carbocycles. The Morgan fingerprint density at radius 1 is 0.518 bits per heavy atom. The van der Waals surface area contributed by atoms with Crippen LogP contribution in [-0.2, 0) is 0 Å². The Morgan fingerprint density at radius 3 is 2.00 bits per heavy atom. The summed E-state index contributed by atoms with van der Waals surface area (Å²) >= 11 is 0. The number of hydrogen-bond donors (Lipinski definition) is 0. The van der Waals surface area contributed by atoms with Crippen molar-refractivity contribution < 1.29 is 4.42 Å². The standard InChI is InChI=1S/C52H33N3O/c1-2-12-34(13-3-1)52-53-44(31-48(54-52)55-45-21-8-6-18-40(45)41-19-7-9-22-46(41)55)36-15-10-14-35(30-36)32-24-26-33(27-25-32)37-28-29-43-39-17-5-4-16-38(39)42-20-11-23-47-49(42)50(43)51(37)56-47/h1-28,30-31,43H,29H2. The molecule has 4 nitrogen and oxygen atoms in total. The van der Waals surface area contributed by atoms with Crippen molar-refractivity contribution >= 4 is 38.3 Å². The second kappa shape index (κ2) is 12.1. The van der Waals surface area contributed by atoms with Crippen LogP contribution < -0.4 is 0 Å². The molecule has 0 radical (unpaired) electrons. The third-order valence-corrected chi connectivity index (χ3v) is 11.8. The molecule has 0 amide bonds. The van der Waals surface area contributed by atoms with E-state index < -0.39 is 0 Å². The van der Waals surface area contributed by atoms with Gasteiger partial charge >= 0.3 is 0 Å². The maximum absolute atomic E-state index is 6.70. The lowest BCUT2D eigenvalue weighted by molar-refractivity contribution is 0.585. The van der Waals surface area contributed by atoms with Crippen molar-refractivity contribution in [3.8, 4) is 50.7 Å². The first-order chi connectivity index (χ1) is 27.8. The topological polar surface area (TPSA) is 43.9 Å². The Labute approximate surface area is 323 Å². The normalized spacial score (nSPS) is 14.3. The van der Waals surface area contributed by atoms with Gasteiger partial charge in [0.25, 0.3) is 0 Å². The van der Waals surface area contributed by atoms with E-state index in [2.05, 4.69) is 168 Å². The number of fused-ring (bicyclic) bond motifs is 6. The number of benzene rings is 7. The van der Waals surface area contributed by atoms with Gasteiger partial charge in [-0.1, -0.05) is 152 Å². The van der Waals surface area contributed by atoms with E-state index in [4.69, 9.17) is 14.4 Å². The fourth-order valence-corrected chi connectivity index (χ4v) is 9.24. The van der Waals surface area contributed by atoms with Crippen LogP contribution in [0.25, 0.3) is 89.1 Å². The van der Waals surface area contributed by atoms with Gasteiger partial charge in [0.2, 0.25) is 0 Å². The number of furan rings is 1. The van der Waals surface area contributed by atoms with Gasteiger partial charge < -0.3 is 4.42 Å². The number of nitrogens with zero attached hydrogens (tertiary/aromatic N) is 3. The van der Waals surface area contributed by atoms with E-state index in [1.807, 2.05) is 18.2 Å². The van der Waals surface area contributed by atoms with Crippen molar-refractivity contribution in [1.29, 1.82) is 0 Å². The molecule has 4 heteroatoms. The summed E-state index contributed by atoms with van der Waals surface area (Å²) in [5.74, 6) is 2.84. The zero-order valence-corrected chi connectivity index (χ0v) is 30.4. The third kappa shape index (κ3) is 4.66. The first kappa shape index (κ1) is 31.1. The summed E-state index contributed by atoms with van der Waals surface area (Å²) in [4.78, 5) is 10.4. The summed E-state index contributed by atoms with van der Waals surface area (Å²) in [5.41, 5.74) is 16.0. The minimum absolute atomic E-state index is 0.308. The fourth-order valence-electron chi connectivity index (χ4n) is 9.24. The molecule has 56 heavy (non-hydrogen) atoms. The van der Waals surface area contributed by atoms with Crippen molar-refractivity contribution in [3.05, 3.63) is 204 Å². The highest BCUT2D eigenvalue weighted by Gasteiger charge is 2.35. The molecule has 1 unspecified atom stereocenters. The van der Waals surface area contributed by atoms with E-state index in [9.17, 15) is 0 Å². The molecule has 2 aliphatic rings. The van der Waals surface area contributed by atoms with Crippen LogP contribution in [0.1, 0.15) is 34.8 Å². The molecule has 0 fully saturated rings. The Kier molecular flexibility index (Phi) is 6.72. The van der Waals surface area contributed by atoms with E-state index in [-0.39, 0.29) is 0 Å². The van der Waals surface area contributed by atoms with E-state index in [1.54, 1.807) is 0 Å². The molecule has 0 aliphatic heterocycles. The van der Waals surface area contributed by atoms with Crippen molar-refractivity contribution in [2.45, 2.75) is 12.3 Å². The zero-order valence-electron chi connectivity index (χ0n) is 30.4. The van der Waals surface area contributed by atoms with E-state index in [1.165, 1.54) is 44.0 Å². The Balaban J connectivity index is 0.940. The van der Waals surface area contributed by atoms with Gasteiger partial charge in [-0.15, -0.1) is 0 Å². The molecular weight excluding hydrogens is 683 g/mol. The lowest BCUT2D eigenvalue weighted by Gasteiger charge is -2.28. The molecule has 7 aromatic carbocycles. The van der Waals surface area contributed by atoms with Crippen molar-refractivity contribution in [1.82, 2.24) is 14.5 Å². The SMILES string of the molecule is C1=C(c2ccc(-c3cccc(-c4cc(-n5c6ccccc6c6ccccc65)nc(-c5ccccc5)n4)c3)cc2)c2oc3cccc4c3c2C(C1)c1ccccc1-4. The molecule has 0 bridgehead atoms. The molecule has 12 rings (SSSR count). The van der Waals surface area contributed by atoms with Gasteiger partial charge in [-0.05, 0) is 64.1 Å². The lowest BCUT2D eigenvalue weighted by Crippen LogP contribution is -2.12. The quantitative estimate of drug-likeness (QED) is 0.178. The highest BCUT2D eigenvalue weighted by Crippen LogP contribution is 2.53. The third-order valence-electron chi connectivity index (χ3n) is 11.8. The monoisotopic (exact) mass is 715 g/mol. The zero-order chi connectivity index (χ0) is 36.7. The molecule has 10 aromatic rings. The summed E-state index contributed by atoms with van der Waals surface area (Å²) in [6.45, 7) is 0. The molecule has 0 spiro atoms. The molecular formula is C52H33N3O. The number of rotatable bonds is 5. The van der Waals surface area contributed by atoms with Gasteiger partial charge in [-0.3, -0.25) is 4.57 Å². The minimum Gasteiger partial charge on any atom is -0.456 e. The van der Waals surface area contributed by atoms with Crippen LogP contribution in [0.2, 0.25) is 0 Å². The molecule has 262 valence electrons. The summed E-state index contributed by atoms with van der Waals surface area (Å²) in [5, 5.41) is 3.67. The van der Waals surface area contributed by atoms with Gasteiger partial charge in [0.05, 0.1) is 16.7 Å². The van der Waals surface area contributed by atoms with E-state index >= 15 is 0 Å². The second-order valence-electron chi connectivity index (χ2n) is 14.8. The Bertz CT molecular complexity index is 3170. The van der Waals surface area contributed by atoms with E-state index in [0.717, 1.165) is 68.1 Å². The van der Waals surface area contributed by atoms with Gasteiger partial charge in [0, 0.05) is 50.4 Å². The van der Waals surface area contributed by atoms with Crippen LogP contribution in [0, 0.1) is 0 Å². The first-order valence-electron chi connectivity index (χ1n) is 19.3. The van der Waals surface area contributed by atoms with Crippen molar-refractivity contribution in [2.75, 3.05) is 0 Å². The number of allylic oxidation sites excluding steroid dienone is 1. The highest BCUT2D eigenvalue weighted by atomic mass is 16.3. The second-order valence-corrected chi connectivity index (χ2v) is 14.8. The summed E-state index contributed by atoms with van der Waals surface area (Å²) < 4.78 is 8.97. The highest BCUT2D eigenvalue weighted by molar-refractivity contribution is 6.09. The van der Waals surface area contributed by atoms with Crippen LogP contribution >= 0.6 is 0 Å². The molecule has 0 N–H and O–H groups in total. The van der Waals surface area contributed by atoms with Gasteiger partial charge in [-0.25, -0.2) is 9.97 Å².